The average molecular weight is 373 g/mol. The summed E-state index contributed by atoms with van der Waals surface area (Å²) < 4.78 is 21.6. The van der Waals surface area contributed by atoms with Crippen molar-refractivity contribution in [2.45, 2.75) is 39.5 Å². The first kappa shape index (κ1) is 24.7. The Hall–Kier alpha value is -1.35. The van der Waals surface area contributed by atoms with Crippen LogP contribution in [0.2, 0.25) is 0 Å². The third-order valence-electron chi connectivity index (χ3n) is 3.26. The van der Waals surface area contributed by atoms with Gasteiger partial charge in [0.1, 0.15) is 11.5 Å². The van der Waals surface area contributed by atoms with Gasteiger partial charge in [0.25, 0.3) is 0 Å². The van der Waals surface area contributed by atoms with E-state index in [1.807, 2.05) is 0 Å². The molecular weight excluding hydrogens is 338 g/mol. The van der Waals surface area contributed by atoms with Crippen LogP contribution < -0.4 is 5.84 Å². The van der Waals surface area contributed by atoms with E-state index in [1.165, 1.54) is 12.8 Å². The first-order valence-corrected chi connectivity index (χ1v) is 9.27. The van der Waals surface area contributed by atoms with Crippen LogP contribution in [0.3, 0.4) is 0 Å². The van der Waals surface area contributed by atoms with E-state index in [1.54, 1.807) is 13.1 Å². The molecule has 0 aliphatic heterocycles. The van der Waals surface area contributed by atoms with E-state index < -0.39 is 0 Å². The minimum atomic E-state index is 0.117. The van der Waals surface area contributed by atoms with Crippen molar-refractivity contribution in [3.63, 3.8) is 0 Å². The van der Waals surface area contributed by atoms with Crippen LogP contribution in [0.1, 0.15) is 39.5 Å². The van der Waals surface area contributed by atoms with Crippen LogP contribution >= 0.6 is 0 Å². The van der Waals surface area contributed by atoms with Gasteiger partial charge >= 0.3 is 0 Å². The summed E-state index contributed by atoms with van der Waals surface area (Å²) in [6.07, 6.45) is 5.51. The van der Waals surface area contributed by atoms with Gasteiger partial charge in [-0.05, 0) is 13.3 Å². The highest BCUT2D eigenvalue weighted by molar-refractivity contribution is 6.31. The van der Waals surface area contributed by atoms with Gasteiger partial charge in [-0.25, -0.2) is 0 Å². The molecule has 0 bridgehead atoms. The predicted octanol–water partition coefficient (Wildman–Crippen LogP) is 1.61. The zero-order valence-corrected chi connectivity index (χ0v) is 16.3. The summed E-state index contributed by atoms with van der Waals surface area (Å²) in [4.78, 5) is 14.9. The highest BCUT2D eigenvalue weighted by Gasteiger charge is 1.97. The molecule has 0 aliphatic rings. The Bertz CT molecular complexity index is 389. The molecule has 0 unspecified atom stereocenters. The van der Waals surface area contributed by atoms with Gasteiger partial charge in [-0.3, -0.25) is 9.79 Å². The van der Waals surface area contributed by atoms with Gasteiger partial charge in [-0.15, -0.1) is 0 Å². The highest BCUT2D eigenvalue weighted by atomic mass is 16.5. The maximum Gasteiger partial charge on any atom is 0.132 e. The molecule has 0 aromatic rings. The standard InChI is InChI=1S/C18H35N3O5/c1-3-4-5-8-23-11-12-25-13-14-26-16-18(21-19)15-20-7-10-24-9-6-17(2)22/h15H,3-14,16,19H2,1-2H3/b20-15?,21-18+. The first-order valence-electron chi connectivity index (χ1n) is 9.27. The largest absolute Gasteiger partial charge is 0.379 e. The van der Waals surface area contributed by atoms with Crippen LogP contribution in [0.5, 0.6) is 0 Å². The normalized spacial score (nSPS) is 12.2. The smallest absolute Gasteiger partial charge is 0.132 e. The van der Waals surface area contributed by atoms with Crippen LogP contribution in [0.15, 0.2) is 10.1 Å². The molecule has 2 N–H and O–H groups in total. The SMILES string of the molecule is CCCCCOCCOCCOC/C(C=NCCOCCC(C)=O)=N/N. The quantitative estimate of drug-likeness (QED) is 0.160. The molecule has 8 heteroatoms. The van der Waals surface area contributed by atoms with E-state index in [9.17, 15) is 4.79 Å². The predicted molar refractivity (Wildman–Crippen MR) is 103 cm³/mol. The number of hydrogen-bond acceptors (Lipinski definition) is 8. The molecule has 0 aromatic heterocycles. The molecule has 0 amide bonds. The third kappa shape index (κ3) is 19.0. The monoisotopic (exact) mass is 373 g/mol. The van der Waals surface area contributed by atoms with Crippen molar-refractivity contribution in [1.82, 2.24) is 0 Å². The van der Waals surface area contributed by atoms with Crippen molar-refractivity contribution in [1.29, 1.82) is 0 Å². The maximum absolute atomic E-state index is 10.7. The number of hydrazone groups is 1. The number of hydrogen-bond donors (Lipinski definition) is 1. The lowest BCUT2D eigenvalue weighted by Crippen LogP contribution is -2.16. The molecule has 26 heavy (non-hydrogen) atoms. The number of Topliss-reactive ketones (excluding diaryl/α,β-unsaturated/α-hetero) is 1. The van der Waals surface area contributed by atoms with Gasteiger partial charge in [0, 0.05) is 19.2 Å². The molecule has 0 aromatic carbocycles. The Morgan fingerprint density at radius 3 is 2.23 bits per heavy atom. The van der Waals surface area contributed by atoms with Gasteiger partial charge in [0.15, 0.2) is 0 Å². The Kier molecular flexibility index (Phi) is 18.9. The van der Waals surface area contributed by atoms with E-state index in [4.69, 9.17) is 24.8 Å². The number of ketones is 1. The van der Waals surface area contributed by atoms with Gasteiger partial charge in [-0.2, -0.15) is 5.10 Å². The van der Waals surface area contributed by atoms with E-state index in [-0.39, 0.29) is 12.4 Å². The number of carbonyl (C=O) groups is 1. The minimum absolute atomic E-state index is 0.117. The molecule has 8 nitrogen and oxygen atoms in total. The van der Waals surface area contributed by atoms with Crippen LogP contribution in [0.4, 0.5) is 0 Å². The van der Waals surface area contributed by atoms with Crippen molar-refractivity contribution in [3.05, 3.63) is 0 Å². The number of carbonyl (C=O) groups excluding carboxylic acids is 1. The summed E-state index contributed by atoms with van der Waals surface area (Å²) in [5, 5.41) is 3.62. The Balaban J connectivity index is 3.45. The van der Waals surface area contributed by atoms with Crippen molar-refractivity contribution < 1.29 is 23.7 Å². The summed E-state index contributed by atoms with van der Waals surface area (Å²) in [5.41, 5.74) is 0.549. The number of ether oxygens (including phenoxy) is 4. The molecule has 0 saturated heterocycles. The van der Waals surface area contributed by atoms with Gasteiger partial charge < -0.3 is 24.8 Å². The summed E-state index contributed by atoms with van der Waals surface area (Å²) in [6.45, 7) is 8.28. The molecular formula is C18H35N3O5. The molecule has 0 spiro atoms. The van der Waals surface area contributed by atoms with Crippen LogP contribution in [-0.2, 0) is 23.7 Å². The van der Waals surface area contributed by atoms with Crippen molar-refractivity contribution >= 4 is 17.7 Å². The lowest BCUT2D eigenvalue weighted by Gasteiger charge is -2.06. The summed E-state index contributed by atoms with van der Waals surface area (Å²) >= 11 is 0. The first-order chi connectivity index (χ1) is 12.7. The fourth-order valence-corrected chi connectivity index (χ4v) is 1.78. The molecule has 0 saturated carbocycles. The molecule has 152 valence electrons. The maximum atomic E-state index is 10.7. The minimum Gasteiger partial charge on any atom is -0.379 e. The van der Waals surface area contributed by atoms with Crippen molar-refractivity contribution in [2.75, 3.05) is 59.4 Å². The third-order valence-corrected chi connectivity index (χ3v) is 3.26. The second kappa shape index (κ2) is 20.0. The van der Waals surface area contributed by atoms with Gasteiger partial charge in [0.05, 0.1) is 52.8 Å². The van der Waals surface area contributed by atoms with Crippen molar-refractivity contribution in [3.8, 4) is 0 Å². The highest BCUT2D eigenvalue weighted by Crippen LogP contribution is 1.93. The Morgan fingerprint density at radius 2 is 1.58 bits per heavy atom. The van der Waals surface area contributed by atoms with E-state index in [0.29, 0.717) is 58.3 Å². The number of nitrogens with zero attached hydrogens (tertiary/aromatic N) is 2. The fourth-order valence-electron chi connectivity index (χ4n) is 1.78. The lowest BCUT2D eigenvalue weighted by atomic mass is 10.3. The van der Waals surface area contributed by atoms with Crippen LogP contribution in [0, 0.1) is 0 Å². The average Bonchev–Trinajstić information content (AvgIpc) is 2.63. The van der Waals surface area contributed by atoms with E-state index in [2.05, 4.69) is 17.0 Å². The molecule has 0 radical (unpaired) electrons. The van der Waals surface area contributed by atoms with E-state index >= 15 is 0 Å². The second-order valence-corrected chi connectivity index (χ2v) is 5.70. The molecule has 0 heterocycles. The topological polar surface area (TPSA) is 105 Å². The zero-order chi connectivity index (χ0) is 19.3. The molecule has 0 aliphatic carbocycles. The van der Waals surface area contributed by atoms with Gasteiger partial charge in [0.2, 0.25) is 0 Å². The lowest BCUT2D eigenvalue weighted by molar-refractivity contribution is -0.118. The Labute approximate surface area is 157 Å². The van der Waals surface area contributed by atoms with Crippen LogP contribution in [0.25, 0.3) is 0 Å². The molecule has 0 fully saturated rings. The number of nitrogens with two attached hydrogens (primary N) is 1. The number of unbranched alkanes of at least 4 members (excludes halogenated alkanes) is 2. The van der Waals surface area contributed by atoms with E-state index in [0.717, 1.165) is 13.0 Å². The summed E-state index contributed by atoms with van der Waals surface area (Å²) in [6, 6.07) is 0. The zero-order valence-electron chi connectivity index (χ0n) is 16.3. The Morgan fingerprint density at radius 1 is 0.923 bits per heavy atom. The second-order valence-electron chi connectivity index (χ2n) is 5.70. The number of rotatable bonds is 19. The fraction of sp³-hybridized carbons (Fsp3) is 0.833. The van der Waals surface area contributed by atoms with Crippen molar-refractivity contribution in [2.24, 2.45) is 15.9 Å². The molecule has 0 atom stereocenters. The van der Waals surface area contributed by atoms with Gasteiger partial charge in [-0.1, -0.05) is 19.8 Å². The number of aliphatic imine (C=N–C) groups is 1. The van der Waals surface area contributed by atoms with Crippen LogP contribution in [-0.4, -0.2) is 77.1 Å². The summed E-state index contributed by atoms with van der Waals surface area (Å²) in [7, 11) is 0. The molecule has 0 rings (SSSR count). The summed E-state index contributed by atoms with van der Waals surface area (Å²) in [5.74, 6) is 5.42.